The van der Waals surface area contributed by atoms with Crippen molar-refractivity contribution in [3.63, 3.8) is 0 Å². The Hall–Kier alpha value is -1.68. The fraction of sp³-hybridized carbons (Fsp3) is 0.526. The van der Waals surface area contributed by atoms with Crippen LogP contribution in [0, 0.1) is 0 Å². The molecule has 1 aliphatic carbocycles. The van der Waals surface area contributed by atoms with Crippen molar-refractivity contribution in [2.75, 3.05) is 6.61 Å². The number of fused-ring (bicyclic) bond motifs is 3. The van der Waals surface area contributed by atoms with E-state index in [9.17, 15) is 25.2 Å². The van der Waals surface area contributed by atoms with E-state index in [1.165, 1.54) is 6.07 Å². The molecule has 9 heteroatoms. The molecule has 2 heterocycles. The zero-order valence-corrected chi connectivity index (χ0v) is 15.6. The first-order valence-electron chi connectivity index (χ1n) is 9.16. The predicted molar refractivity (Wildman–Crippen MR) is 98.5 cm³/mol. The number of ether oxygens (including phenoxy) is 2. The molecular formula is C19H21ClO8. The molecule has 0 spiro atoms. The number of benzene rings is 1. The van der Waals surface area contributed by atoms with Gasteiger partial charge < -0.3 is 34.3 Å². The summed E-state index contributed by atoms with van der Waals surface area (Å²) in [7, 11) is 0. The lowest BCUT2D eigenvalue weighted by molar-refractivity contribution is -0.277. The zero-order chi connectivity index (χ0) is 20.0. The second-order valence-corrected chi connectivity index (χ2v) is 7.55. The van der Waals surface area contributed by atoms with Gasteiger partial charge in [-0.15, -0.1) is 0 Å². The molecule has 0 amide bonds. The normalized spacial score (nSPS) is 30.2. The highest BCUT2D eigenvalue weighted by Gasteiger charge is 2.44. The van der Waals surface area contributed by atoms with Crippen molar-refractivity contribution in [3.05, 3.63) is 38.7 Å². The Balaban J connectivity index is 1.70. The molecule has 4 rings (SSSR count). The van der Waals surface area contributed by atoms with Gasteiger partial charge >= 0.3 is 5.63 Å². The van der Waals surface area contributed by atoms with E-state index in [1.54, 1.807) is 6.07 Å². The monoisotopic (exact) mass is 412 g/mol. The van der Waals surface area contributed by atoms with Gasteiger partial charge in [-0.3, -0.25) is 0 Å². The molecule has 28 heavy (non-hydrogen) atoms. The predicted octanol–water partition coefficient (Wildman–Crippen LogP) is 0.504. The van der Waals surface area contributed by atoms with E-state index in [0.29, 0.717) is 17.6 Å². The maximum atomic E-state index is 12.3. The highest BCUT2D eigenvalue weighted by atomic mass is 35.5. The van der Waals surface area contributed by atoms with Gasteiger partial charge in [-0.1, -0.05) is 11.6 Å². The average molecular weight is 413 g/mol. The number of aliphatic hydroxyl groups excluding tert-OH is 4. The minimum absolute atomic E-state index is 0.0809. The Labute approximate surface area is 164 Å². The van der Waals surface area contributed by atoms with Gasteiger partial charge in [-0.25, -0.2) is 4.79 Å². The molecule has 1 aromatic carbocycles. The highest BCUT2D eigenvalue weighted by Crippen LogP contribution is 2.36. The van der Waals surface area contributed by atoms with Crippen LogP contribution in [0.5, 0.6) is 5.75 Å². The van der Waals surface area contributed by atoms with Crippen molar-refractivity contribution in [2.24, 2.45) is 0 Å². The summed E-state index contributed by atoms with van der Waals surface area (Å²) in [5, 5.41) is 40.1. The van der Waals surface area contributed by atoms with Gasteiger partial charge in [0.1, 0.15) is 35.7 Å². The second kappa shape index (κ2) is 7.62. The molecule has 1 fully saturated rings. The Kier molecular flexibility index (Phi) is 5.34. The first-order chi connectivity index (χ1) is 13.4. The third-order valence-corrected chi connectivity index (χ3v) is 5.66. The number of rotatable bonds is 3. The van der Waals surface area contributed by atoms with E-state index in [2.05, 4.69) is 0 Å². The molecule has 0 unspecified atom stereocenters. The van der Waals surface area contributed by atoms with Gasteiger partial charge in [0.25, 0.3) is 0 Å². The van der Waals surface area contributed by atoms with Crippen molar-refractivity contribution in [2.45, 2.75) is 56.4 Å². The molecule has 4 N–H and O–H groups in total. The molecule has 152 valence electrons. The van der Waals surface area contributed by atoms with Crippen molar-refractivity contribution in [1.29, 1.82) is 0 Å². The molecule has 0 saturated carbocycles. The maximum Gasteiger partial charge on any atom is 0.339 e. The Morgan fingerprint density at radius 1 is 1.07 bits per heavy atom. The molecular weight excluding hydrogens is 392 g/mol. The van der Waals surface area contributed by atoms with Crippen LogP contribution < -0.4 is 10.4 Å². The van der Waals surface area contributed by atoms with Gasteiger partial charge in [0, 0.05) is 17.0 Å². The van der Waals surface area contributed by atoms with Crippen LogP contribution in [0.1, 0.15) is 24.0 Å². The Morgan fingerprint density at radius 3 is 2.50 bits per heavy atom. The standard InChI is InChI=1S/C19H21ClO8/c20-11-5-10-8-3-1-2-4-9(8)18(25)26-12(10)6-13(11)27-19-17(24)16(23)15(22)14(7-21)28-19/h5-6,14-17,19,21-24H,1-4,7H2/t14-,15-,16-,17-,19+/m0/s1. The van der Waals surface area contributed by atoms with Gasteiger partial charge in [-0.2, -0.15) is 0 Å². The number of hydrogen-bond acceptors (Lipinski definition) is 8. The Morgan fingerprint density at radius 2 is 1.79 bits per heavy atom. The van der Waals surface area contributed by atoms with Crippen LogP contribution in [0.2, 0.25) is 5.02 Å². The quantitative estimate of drug-likeness (QED) is 0.536. The molecule has 2 aromatic rings. The minimum atomic E-state index is -1.57. The lowest BCUT2D eigenvalue weighted by Crippen LogP contribution is -2.60. The number of aryl methyl sites for hydroxylation is 1. The summed E-state index contributed by atoms with van der Waals surface area (Å²) >= 11 is 6.34. The zero-order valence-electron chi connectivity index (χ0n) is 14.9. The third kappa shape index (κ3) is 3.30. The lowest BCUT2D eigenvalue weighted by atomic mass is 9.90. The Bertz CT molecular complexity index is 940. The minimum Gasteiger partial charge on any atom is -0.460 e. The summed E-state index contributed by atoms with van der Waals surface area (Å²) in [4.78, 5) is 12.3. The average Bonchev–Trinajstić information content (AvgIpc) is 2.70. The molecule has 0 bridgehead atoms. The molecule has 1 saturated heterocycles. The summed E-state index contributed by atoms with van der Waals surface area (Å²) in [6.45, 7) is -0.572. The second-order valence-electron chi connectivity index (χ2n) is 7.15. The molecule has 1 aliphatic heterocycles. The van der Waals surface area contributed by atoms with Gasteiger partial charge in [0.15, 0.2) is 0 Å². The van der Waals surface area contributed by atoms with E-state index in [0.717, 1.165) is 30.2 Å². The van der Waals surface area contributed by atoms with Crippen LogP contribution in [0.4, 0.5) is 0 Å². The van der Waals surface area contributed by atoms with Crippen molar-refractivity contribution < 1.29 is 34.3 Å². The first-order valence-corrected chi connectivity index (χ1v) is 9.53. The third-order valence-electron chi connectivity index (χ3n) is 5.37. The highest BCUT2D eigenvalue weighted by molar-refractivity contribution is 6.32. The fourth-order valence-corrected chi connectivity index (χ4v) is 4.03. The van der Waals surface area contributed by atoms with Gasteiger partial charge in [0.05, 0.1) is 11.6 Å². The summed E-state index contributed by atoms with van der Waals surface area (Å²) in [5.41, 5.74) is 1.52. The number of hydrogen-bond donors (Lipinski definition) is 4. The van der Waals surface area contributed by atoms with Crippen LogP contribution in [-0.2, 0) is 17.6 Å². The molecule has 1 aromatic heterocycles. The van der Waals surface area contributed by atoms with E-state index in [4.69, 9.17) is 25.5 Å². The van der Waals surface area contributed by atoms with E-state index in [-0.39, 0.29) is 16.4 Å². The van der Waals surface area contributed by atoms with Crippen LogP contribution in [-0.4, -0.2) is 57.7 Å². The topological polar surface area (TPSA) is 130 Å². The largest absolute Gasteiger partial charge is 0.460 e. The van der Waals surface area contributed by atoms with E-state index >= 15 is 0 Å². The number of halogens is 1. The molecule has 2 aliphatic rings. The summed E-state index contributed by atoms with van der Waals surface area (Å²) < 4.78 is 16.4. The van der Waals surface area contributed by atoms with Gasteiger partial charge in [0.2, 0.25) is 6.29 Å². The van der Waals surface area contributed by atoms with E-state index < -0.39 is 37.3 Å². The van der Waals surface area contributed by atoms with Gasteiger partial charge in [-0.05, 0) is 37.3 Å². The maximum absolute atomic E-state index is 12.3. The summed E-state index contributed by atoms with van der Waals surface area (Å²) in [6.07, 6.45) is -3.75. The summed E-state index contributed by atoms with van der Waals surface area (Å²) in [6, 6.07) is 3.08. The van der Waals surface area contributed by atoms with Crippen LogP contribution in [0.25, 0.3) is 11.0 Å². The van der Waals surface area contributed by atoms with Crippen LogP contribution >= 0.6 is 11.6 Å². The smallest absolute Gasteiger partial charge is 0.339 e. The van der Waals surface area contributed by atoms with Crippen molar-refractivity contribution in [1.82, 2.24) is 0 Å². The van der Waals surface area contributed by atoms with Crippen molar-refractivity contribution in [3.8, 4) is 5.75 Å². The first kappa shape index (κ1) is 19.6. The van der Waals surface area contributed by atoms with E-state index in [1.807, 2.05) is 0 Å². The summed E-state index contributed by atoms with van der Waals surface area (Å²) in [5.74, 6) is 0.0809. The number of aliphatic hydroxyl groups is 4. The van der Waals surface area contributed by atoms with Crippen LogP contribution in [0.15, 0.2) is 21.3 Å². The molecule has 5 atom stereocenters. The lowest BCUT2D eigenvalue weighted by Gasteiger charge is -2.39. The molecule has 8 nitrogen and oxygen atoms in total. The fourth-order valence-electron chi connectivity index (χ4n) is 3.82. The SMILES string of the molecule is O=c1oc2cc(O[C@@H]3O[C@@H](CO)[C@H](O)[C@H](O)[C@@H]3O)c(Cl)cc2c2c1CCCC2. The molecule has 0 radical (unpaired) electrons. The van der Waals surface area contributed by atoms with Crippen LogP contribution in [0.3, 0.4) is 0 Å². The van der Waals surface area contributed by atoms with Crippen molar-refractivity contribution >= 4 is 22.6 Å².